The van der Waals surface area contributed by atoms with E-state index < -0.39 is 0 Å². The number of hydrogen-bond acceptors (Lipinski definition) is 3. The molecule has 0 spiro atoms. The number of halogens is 1. The maximum atomic E-state index is 12.6. The Morgan fingerprint density at radius 1 is 1.00 bits per heavy atom. The minimum Gasteiger partial charge on any atom is -0.322 e. The van der Waals surface area contributed by atoms with Crippen molar-refractivity contribution in [2.24, 2.45) is 0 Å². The molecule has 5 heteroatoms. The lowest BCUT2D eigenvalue weighted by Crippen LogP contribution is -2.12. The summed E-state index contributed by atoms with van der Waals surface area (Å²) in [6, 6.07) is 24.7. The van der Waals surface area contributed by atoms with E-state index in [4.69, 9.17) is 5.26 Å². The smallest absolute Gasteiger partial charge is 0.256 e. The van der Waals surface area contributed by atoms with Crippen LogP contribution in [0.5, 0.6) is 0 Å². The molecule has 0 bridgehead atoms. The topological polar surface area (TPSA) is 52.9 Å². The summed E-state index contributed by atoms with van der Waals surface area (Å²) in [6.07, 6.45) is 0. The number of nitriles is 1. The second kappa shape index (κ2) is 8.70. The fourth-order valence-corrected chi connectivity index (χ4v) is 3.62. The lowest BCUT2D eigenvalue weighted by molar-refractivity contribution is 0.102. The van der Waals surface area contributed by atoms with Crippen molar-refractivity contribution in [2.75, 3.05) is 5.32 Å². The van der Waals surface area contributed by atoms with Crippen molar-refractivity contribution in [3.63, 3.8) is 0 Å². The summed E-state index contributed by atoms with van der Waals surface area (Å²) in [7, 11) is 0. The van der Waals surface area contributed by atoms with Gasteiger partial charge in [-0.25, -0.2) is 0 Å². The first-order chi connectivity index (χ1) is 12.7. The molecule has 0 aliphatic carbocycles. The van der Waals surface area contributed by atoms with Crippen LogP contribution in [0.15, 0.2) is 82.2 Å². The van der Waals surface area contributed by atoms with Gasteiger partial charge in [-0.1, -0.05) is 40.2 Å². The molecule has 0 radical (unpaired) electrons. The van der Waals surface area contributed by atoms with Crippen LogP contribution in [0.1, 0.15) is 21.5 Å². The van der Waals surface area contributed by atoms with Crippen LogP contribution in [0.25, 0.3) is 0 Å². The summed E-state index contributed by atoms with van der Waals surface area (Å²) < 4.78 is 0.967. The lowest BCUT2D eigenvalue weighted by Gasteiger charge is -2.10. The molecule has 3 aromatic carbocycles. The van der Waals surface area contributed by atoms with E-state index >= 15 is 0 Å². The van der Waals surface area contributed by atoms with Gasteiger partial charge in [-0.2, -0.15) is 5.26 Å². The highest BCUT2D eigenvalue weighted by atomic mass is 79.9. The van der Waals surface area contributed by atoms with Gasteiger partial charge in [-0.15, -0.1) is 11.8 Å². The van der Waals surface area contributed by atoms with Gasteiger partial charge in [0.25, 0.3) is 5.91 Å². The quantitative estimate of drug-likeness (QED) is 0.523. The molecule has 0 atom stereocenters. The molecule has 0 unspecified atom stereocenters. The fraction of sp³-hybridized carbons (Fsp3) is 0.0476. The monoisotopic (exact) mass is 422 g/mol. The molecule has 0 aliphatic rings. The van der Waals surface area contributed by atoms with Crippen molar-refractivity contribution in [2.45, 2.75) is 10.6 Å². The van der Waals surface area contributed by atoms with E-state index in [1.165, 1.54) is 0 Å². The average Bonchev–Trinajstić information content (AvgIpc) is 2.68. The van der Waals surface area contributed by atoms with Gasteiger partial charge in [0, 0.05) is 20.8 Å². The summed E-state index contributed by atoms with van der Waals surface area (Å²) in [5, 5.41) is 11.8. The molecule has 0 saturated carbocycles. The molecule has 3 aromatic rings. The highest BCUT2D eigenvalue weighted by Crippen LogP contribution is 2.27. The van der Waals surface area contributed by atoms with Gasteiger partial charge in [0.2, 0.25) is 0 Å². The normalized spacial score (nSPS) is 10.2. The summed E-state index contributed by atoms with van der Waals surface area (Å²) >= 11 is 4.99. The molecule has 1 amide bonds. The van der Waals surface area contributed by atoms with Gasteiger partial charge in [-0.05, 0) is 54.1 Å². The Labute approximate surface area is 165 Å². The molecule has 0 saturated heterocycles. The summed E-state index contributed by atoms with van der Waals surface area (Å²) in [6.45, 7) is 0. The SMILES string of the molecule is N#Cc1ccc(CSc2ccccc2C(=O)Nc2ccc(Br)cc2)cc1. The van der Waals surface area contributed by atoms with E-state index in [1.807, 2.05) is 72.8 Å². The third-order valence-corrected chi connectivity index (χ3v) is 5.38. The first kappa shape index (κ1) is 18.2. The molecule has 3 rings (SSSR count). The zero-order chi connectivity index (χ0) is 18.4. The van der Waals surface area contributed by atoms with Crippen molar-refractivity contribution >= 4 is 39.3 Å². The number of thioether (sulfide) groups is 1. The third kappa shape index (κ3) is 4.75. The number of benzene rings is 3. The van der Waals surface area contributed by atoms with Gasteiger partial charge in [0.1, 0.15) is 0 Å². The van der Waals surface area contributed by atoms with Crippen LogP contribution < -0.4 is 5.32 Å². The van der Waals surface area contributed by atoms with Gasteiger partial charge in [0.05, 0.1) is 17.2 Å². The molecule has 0 fully saturated rings. The van der Waals surface area contributed by atoms with Gasteiger partial charge in [0.15, 0.2) is 0 Å². The average molecular weight is 423 g/mol. The van der Waals surface area contributed by atoms with Crippen molar-refractivity contribution in [3.05, 3.63) is 94.0 Å². The van der Waals surface area contributed by atoms with Crippen molar-refractivity contribution in [3.8, 4) is 6.07 Å². The summed E-state index contributed by atoms with van der Waals surface area (Å²) in [5.74, 6) is 0.601. The van der Waals surface area contributed by atoms with Crippen LogP contribution >= 0.6 is 27.7 Å². The van der Waals surface area contributed by atoms with Crippen molar-refractivity contribution < 1.29 is 4.79 Å². The van der Waals surface area contributed by atoms with Crippen molar-refractivity contribution in [1.82, 2.24) is 0 Å². The first-order valence-corrected chi connectivity index (χ1v) is 9.71. The van der Waals surface area contributed by atoms with Crippen LogP contribution in [0.3, 0.4) is 0 Å². The van der Waals surface area contributed by atoms with E-state index in [9.17, 15) is 4.79 Å². The van der Waals surface area contributed by atoms with Crippen molar-refractivity contribution in [1.29, 1.82) is 5.26 Å². The van der Waals surface area contributed by atoms with Gasteiger partial charge < -0.3 is 5.32 Å². The number of carbonyl (C=O) groups excluding carboxylic acids is 1. The number of rotatable bonds is 5. The highest BCUT2D eigenvalue weighted by Gasteiger charge is 2.12. The van der Waals surface area contributed by atoms with Gasteiger partial charge in [-0.3, -0.25) is 4.79 Å². The van der Waals surface area contributed by atoms with Crippen LogP contribution in [-0.4, -0.2) is 5.91 Å². The van der Waals surface area contributed by atoms with Crippen LogP contribution in [0.4, 0.5) is 5.69 Å². The minimum atomic E-state index is -0.129. The predicted octanol–water partition coefficient (Wildman–Crippen LogP) is 5.87. The minimum absolute atomic E-state index is 0.129. The first-order valence-electron chi connectivity index (χ1n) is 7.93. The second-order valence-corrected chi connectivity index (χ2v) is 7.49. The third-order valence-electron chi connectivity index (χ3n) is 3.71. The van der Waals surface area contributed by atoms with E-state index in [0.717, 1.165) is 26.4 Å². The fourth-order valence-electron chi connectivity index (χ4n) is 2.35. The molecule has 3 nitrogen and oxygen atoms in total. The molecule has 0 aliphatic heterocycles. The molecule has 26 heavy (non-hydrogen) atoms. The Morgan fingerprint density at radius 2 is 1.69 bits per heavy atom. The number of hydrogen-bond donors (Lipinski definition) is 1. The molecule has 0 aromatic heterocycles. The number of nitrogens with one attached hydrogen (secondary N) is 1. The maximum absolute atomic E-state index is 12.6. The highest BCUT2D eigenvalue weighted by molar-refractivity contribution is 9.10. The molecular weight excluding hydrogens is 408 g/mol. The van der Waals surface area contributed by atoms with E-state index in [-0.39, 0.29) is 5.91 Å². The number of amides is 1. The zero-order valence-electron chi connectivity index (χ0n) is 13.8. The largest absolute Gasteiger partial charge is 0.322 e. The van der Waals surface area contributed by atoms with E-state index in [2.05, 4.69) is 27.3 Å². The summed E-state index contributed by atoms with van der Waals surface area (Å²) in [4.78, 5) is 13.6. The Kier molecular flexibility index (Phi) is 6.11. The Morgan fingerprint density at radius 3 is 2.38 bits per heavy atom. The number of nitrogens with zero attached hydrogens (tertiary/aromatic N) is 1. The van der Waals surface area contributed by atoms with E-state index in [0.29, 0.717) is 11.1 Å². The Hall–Kier alpha value is -2.55. The lowest BCUT2D eigenvalue weighted by atomic mass is 10.2. The molecule has 128 valence electrons. The molecule has 1 N–H and O–H groups in total. The van der Waals surface area contributed by atoms with Crippen LogP contribution in [0.2, 0.25) is 0 Å². The number of carbonyl (C=O) groups is 1. The van der Waals surface area contributed by atoms with Crippen LogP contribution in [-0.2, 0) is 5.75 Å². The maximum Gasteiger partial charge on any atom is 0.256 e. The number of anilines is 1. The Balaban J connectivity index is 1.71. The Bertz CT molecular complexity index is 947. The van der Waals surface area contributed by atoms with Crippen LogP contribution in [0, 0.1) is 11.3 Å². The second-order valence-electron chi connectivity index (χ2n) is 5.55. The molecular formula is C21H15BrN2OS. The molecule has 0 heterocycles. The van der Waals surface area contributed by atoms with E-state index in [1.54, 1.807) is 11.8 Å². The summed E-state index contributed by atoms with van der Waals surface area (Å²) in [5.41, 5.74) is 3.16. The zero-order valence-corrected chi connectivity index (χ0v) is 16.2. The van der Waals surface area contributed by atoms with Gasteiger partial charge >= 0.3 is 0 Å². The predicted molar refractivity (Wildman–Crippen MR) is 109 cm³/mol. The standard InChI is InChI=1S/C21H15BrN2OS/c22-17-9-11-18(12-10-17)24-21(25)19-3-1-2-4-20(19)26-14-16-7-5-15(13-23)6-8-16/h1-12H,14H2,(H,24,25).